The van der Waals surface area contributed by atoms with E-state index >= 15 is 0 Å². The molecule has 0 fully saturated rings. The quantitative estimate of drug-likeness (QED) is 0.439. The summed E-state index contributed by atoms with van der Waals surface area (Å²) in [5.41, 5.74) is 8.19. The summed E-state index contributed by atoms with van der Waals surface area (Å²) in [7, 11) is 0. The van der Waals surface area contributed by atoms with Gasteiger partial charge in [0.25, 0.3) is 0 Å². The number of nitrogens with two attached hydrogens (primary N) is 1. The van der Waals surface area contributed by atoms with E-state index in [0.29, 0.717) is 27.6 Å². The van der Waals surface area contributed by atoms with Crippen molar-refractivity contribution in [3.05, 3.63) is 69.2 Å². The molecule has 0 unspecified atom stereocenters. The number of ether oxygens (including phenoxy) is 1. The lowest BCUT2D eigenvalue weighted by Gasteiger charge is -2.26. The number of amides is 1. The Morgan fingerprint density at radius 1 is 1.00 bits per heavy atom. The Morgan fingerprint density at radius 2 is 1.56 bits per heavy atom. The number of benzene rings is 2. The zero-order valence-corrected chi connectivity index (χ0v) is 20.8. The van der Waals surface area contributed by atoms with Crippen molar-refractivity contribution in [3.63, 3.8) is 0 Å². The number of hydrogen-bond acceptors (Lipinski definition) is 4. The van der Waals surface area contributed by atoms with Crippen LogP contribution in [0.5, 0.6) is 0 Å². The summed E-state index contributed by atoms with van der Waals surface area (Å²) in [6.45, 7) is 10.1. The molecule has 0 spiro atoms. The van der Waals surface area contributed by atoms with Crippen molar-refractivity contribution < 1.29 is 14.3 Å². The first-order valence-electron chi connectivity index (χ1n) is 10.7. The summed E-state index contributed by atoms with van der Waals surface area (Å²) in [6, 6.07) is 10.8. The van der Waals surface area contributed by atoms with Gasteiger partial charge in [-0.2, -0.15) is 0 Å². The molecule has 0 bridgehead atoms. The predicted molar refractivity (Wildman–Crippen MR) is 130 cm³/mol. The number of hydrogen-bond donors (Lipinski definition) is 2. The Hall–Kier alpha value is -2.08. The van der Waals surface area contributed by atoms with E-state index in [0.717, 1.165) is 12.0 Å². The number of esters is 1. The molecule has 0 radical (unpaired) electrons. The van der Waals surface area contributed by atoms with Gasteiger partial charge in [-0.05, 0) is 73.6 Å². The van der Waals surface area contributed by atoms with Crippen LogP contribution in [-0.4, -0.2) is 18.0 Å². The topological polar surface area (TPSA) is 81.4 Å². The standard InChI is InChI=1S/C25H32Cl2N2O3/c1-15(2)32-24(31)17-8-6-16(7-9-17)21(10-11-25(3,4)5)29-23(30)22(28)18-12-19(26)14-20(27)13-18/h6-9,12-15,21-22H,10-11,28H2,1-5H3,(H,29,30)/t21-,22-/m1/s1. The fourth-order valence-corrected chi connectivity index (χ4v) is 3.74. The van der Waals surface area contributed by atoms with Gasteiger partial charge < -0.3 is 15.8 Å². The van der Waals surface area contributed by atoms with Crippen LogP contribution < -0.4 is 11.1 Å². The van der Waals surface area contributed by atoms with E-state index < -0.39 is 6.04 Å². The Balaban J connectivity index is 2.22. The molecule has 2 aromatic rings. The second-order valence-electron chi connectivity index (χ2n) is 9.42. The molecule has 0 saturated heterocycles. The Bertz CT molecular complexity index is 917. The lowest BCUT2D eigenvalue weighted by Crippen LogP contribution is -2.37. The number of carbonyl (C=O) groups is 2. The monoisotopic (exact) mass is 478 g/mol. The van der Waals surface area contributed by atoms with E-state index in [1.54, 1.807) is 44.2 Å². The van der Waals surface area contributed by atoms with E-state index in [4.69, 9.17) is 33.7 Å². The minimum atomic E-state index is -0.913. The molecule has 2 aromatic carbocycles. The van der Waals surface area contributed by atoms with Gasteiger partial charge in [-0.25, -0.2) is 4.79 Å². The molecule has 0 saturated carbocycles. The number of nitrogens with one attached hydrogen (secondary N) is 1. The third-order valence-corrected chi connectivity index (χ3v) is 5.35. The smallest absolute Gasteiger partial charge is 0.338 e. The molecule has 2 rings (SSSR count). The van der Waals surface area contributed by atoms with Crippen molar-refractivity contribution in [2.24, 2.45) is 11.1 Å². The van der Waals surface area contributed by atoms with Gasteiger partial charge in [0, 0.05) is 10.0 Å². The van der Waals surface area contributed by atoms with Crippen LogP contribution in [0, 0.1) is 5.41 Å². The highest BCUT2D eigenvalue weighted by Gasteiger charge is 2.23. The molecule has 32 heavy (non-hydrogen) atoms. The summed E-state index contributed by atoms with van der Waals surface area (Å²) >= 11 is 12.1. The summed E-state index contributed by atoms with van der Waals surface area (Å²) in [4.78, 5) is 25.1. The van der Waals surface area contributed by atoms with Gasteiger partial charge in [0.05, 0.1) is 17.7 Å². The van der Waals surface area contributed by atoms with Crippen LogP contribution in [0.4, 0.5) is 0 Å². The molecular formula is C25H32Cl2N2O3. The first kappa shape index (κ1) is 26.2. The first-order valence-corrected chi connectivity index (χ1v) is 11.4. The lowest BCUT2D eigenvalue weighted by atomic mass is 9.87. The van der Waals surface area contributed by atoms with Crippen LogP contribution in [0.25, 0.3) is 0 Å². The second-order valence-corrected chi connectivity index (χ2v) is 10.3. The Morgan fingerprint density at radius 3 is 2.06 bits per heavy atom. The van der Waals surface area contributed by atoms with E-state index in [2.05, 4.69) is 26.1 Å². The fourth-order valence-electron chi connectivity index (χ4n) is 3.20. The second kappa shape index (κ2) is 11.2. The van der Waals surface area contributed by atoms with Gasteiger partial charge in [-0.3, -0.25) is 4.79 Å². The lowest BCUT2D eigenvalue weighted by molar-refractivity contribution is -0.123. The van der Waals surface area contributed by atoms with E-state index in [1.807, 2.05) is 12.1 Å². The summed E-state index contributed by atoms with van der Waals surface area (Å²) < 4.78 is 5.25. The van der Waals surface area contributed by atoms with Crippen LogP contribution in [0.3, 0.4) is 0 Å². The van der Waals surface area contributed by atoms with Gasteiger partial charge in [-0.1, -0.05) is 56.1 Å². The van der Waals surface area contributed by atoms with Crippen LogP contribution in [0.1, 0.15) is 81.0 Å². The highest BCUT2D eigenvalue weighted by molar-refractivity contribution is 6.34. The molecule has 0 aliphatic heterocycles. The molecule has 1 amide bonds. The maximum atomic E-state index is 13.0. The highest BCUT2D eigenvalue weighted by atomic mass is 35.5. The van der Waals surface area contributed by atoms with E-state index in [9.17, 15) is 9.59 Å². The van der Waals surface area contributed by atoms with Gasteiger partial charge in [-0.15, -0.1) is 0 Å². The van der Waals surface area contributed by atoms with Crippen LogP contribution >= 0.6 is 23.2 Å². The van der Waals surface area contributed by atoms with Crippen molar-refractivity contribution in [1.82, 2.24) is 5.32 Å². The number of rotatable bonds is 8. The molecule has 0 aliphatic rings. The minimum Gasteiger partial charge on any atom is -0.459 e. The maximum absolute atomic E-state index is 13.0. The number of carbonyl (C=O) groups excluding carboxylic acids is 2. The van der Waals surface area contributed by atoms with Gasteiger partial charge in [0.15, 0.2) is 0 Å². The normalized spacial score (nSPS) is 13.5. The summed E-state index contributed by atoms with van der Waals surface area (Å²) in [6.07, 6.45) is 1.41. The molecule has 7 heteroatoms. The van der Waals surface area contributed by atoms with Crippen molar-refractivity contribution in [1.29, 1.82) is 0 Å². The van der Waals surface area contributed by atoms with Crippen LogP contribution in [-0.2, 0) is 9.53 Å². The van der Waals surface area contributed by atoms with Gasteiger partial charge in [0.2, 0.25) is 5.91 Å². The SMILES string of the molecule is CC(C)OC(=O)c1ccc([C@@H](CCC(C)(C)C)NC(=O)[C@H](N)c2cc(Cl)cc(Cl)c2)cc1. The van der Waals surface area contributed by atoms with Crippen molar-refractivity contribution >= 4 is 35.1 Å². The number of halogens is 2. The largest absolute Gasteiger partial charge is 0.459 e. The molecule has 5 nitrogen and oxygen atoms in total. The van der Waals surface area contributed by atoms with Crippen molar-refractivity contribution in [3.8, 4) is 0 Å². The molecular weight excluding hydrogens is 447 g/mol. The molecule has 174 valence electrons. The third kappa shape index (κ3) is 8.12. The molecule has 0 heterocycles. The molecule has 0 aliphatic carbocycles. The average molecular weight is 479 g/mol. The van der Waals surface area contributed by atoms with Crippen molar-refractivity contribution in [2.45, 2.75) is 65.6 Å². The van der Waals surface area contributed by atoms with Crippen LogP contribution in [0.15, 0.2) is 42.5 Å². The maximum Gasteiger partial charge on any atom is 0.338 e. The third-order valence-electron chi connectivity index (χ3n) is 4.92. The zero-order valence-electron chi connectivity index (χ0n) is 19.2. The van der Waals surface area contributed by atoms with Crippen molar-refractivity contribution in [2.75, 3.05) is 0 Å². The first-order chi connectivity index (χ1) is 14.9. The van der Waals surface area contributed by atoms with E-state index in [-0.39, 0.29) is 29.4 Å². The zero-order chi connectivity index (χ0) is 24.1. The van der Waals surface area contributed by atoms with Gasteiger partial charge >= 0.3 is 5.97 Å². The van der Waals surface area contributed by atoms with Crippen LogP contribution in [0.2, 0.25) is 10.0 Å². The summed E-state index contributed by atoms with van der Waals surface area (Å²) in [5, 5.41) is 3.90. The van der Waals surface area contributed by atoms with E-state index in [1.165, 1.54) is 0 Å². The Labute approximate surface area is 200 Å². The fraction of sp³-hybridized carbons (Fsp3) is 0.440. The van der Waals surface area contributed by atoms with Gasteiger partial charge in [0.1, 0.15) is 6.04 Å². The highest BCUT2D eigenvalue weighted by Crippen LogP contribution is 2.29. The molecule has 3 N–H and O–H groups in total. The summed E-state index contributed by atoms with van der Waals surface area (Å²) in [5.74, 6) is -0.702. The average Bonchev–Trinajstić information content (AvgIpc) is 2.68. The Kier molecular flexibility index (Phi) is 9.14. The molecule has 0 aromatic heterocycles. The molecule has 2 atom stereocenters. The minimum absolute atomic E-state index is 0.0899. The predicted octanol–water partition coefficient (Wildman–Crippen LogP) is 6.24.